The van der Waals surface area contributed by atoms with Crippen molar-refractivity contribution in [1.29, 1.82) is 5.26 Å². The van der Waals surface area contributed by atoms with Crippen LogP contribution in [-0.4, -0.2) is 10.8 Å². The van der Waals surface area contributed by atoms with Crippen molar-refractivity contribution in [2.45, 2.75) is 18.8 Å². The molecule has 1 aromatic heterocycles. The minimum Gasteiger partial charge on any atom is -0.300 e. The Balaban J connectivity index is 2.04. The summed E-state index contributed by atoms with van der Waals surface area (Å²) in [6, 6.07) is 16.2. The van der Waals surface area contributed by atoms with Gasteiger partial charge in [0.2, 0.25) is 0 Å². The fraction of sp³-hybridized carbons (Fsp3) is 0.278. The van der Waals surface area contributed by atoms with E-state index in [-0.39, 0.29) is 29.5 Å². The van der Waals surface area contributed by atoms with Crippen molar-refractivity contribution in [2.75, 3.05) is 0 Å². The summed E-state index contributed by atoms with van der Waals surface area (Å²) >= 11 is 0. The molecule has 2 aromatic rings. The topological polar surface area (TPSA) is 53.8 Å². The first-order chi connectivity index (χ1) is 10.2. The first-order valence-electron chi connectivity index (χ1n) is 7.09. The molecule has 0 amide bonds. The number of nitriles is 1. The maximum absolute atomic E-state index is 12.0. The molecule has 0 unspecified atom stereocenters. The summed E-state index contributed by atoms with van der Waals surface area (Å²) in [4.78, 5) is 16.0. The standard InChI is InChI=1S/C18H16N2O/c1-12(21)16-15(11-19)17(14-7-9-20-10-8-14)18(16)13-5-3-2-4-6-13/h2-10,15-18H,1H3/t15-,16+,17+,18-/m0/s1. The second-order valence-electron chi connectivity index (χ2n) is 5.53. The third kappa shape index (κ3) is 2.23. The molecule has 0 radical (unpaired) electrons. The highest BCUT2D eigenvalue weighted by Gasteiger charge is 2.53. The highest BCUT2D eigenvalue weighted by atomic mass is 16.1. The molecule has 0 N–H and O–H groups in total. The number of hydrogen-bond acceptors (Lipinski definition) is 3. The summed E-state index contributed by atoms with van der Waals surface area (Å²) in [5, 5.41) is 9.48. The van der Waals surface area contributed by atoms with Gasteiger partial charge >= 0.3 is 0 Å². The van der Waals surface area contributed by atoms with Gasteiger partial charge in [-0.05, 0) is 30.2 Å². The van der Waals surface area contributed by atoms with Gasteiger partial charge in [-0.15, -0.1) is 0 Å². The Hall–Kier alpha value is -2.47. The van der Waals surface area contributed by atoms with Gasteiger partial charge in [0, 0.05) is 30.1 Å². The molecule has 0 bridgehead atoms. The summed E-state index contributed by atoms with van der Waals surface area (Å²) in [7, 11) is 0. The fourth-order valence-corrected chi connectivity index (χ4v) is 3.50. The maximum Gasteiger partial charge on any atom is 0.134 e. The van der Waals surface area contributed by atoms with Crippen molar-refractivity contribution in [1.82, 2.24) is 4.98 Å². The predicted molar refractivity (Wildman–Crippen MR) is 79.4 cm³/mol. The van der Waals surface area contributed by atoms with Crippen molar-refractivity contribution in [2.24, 2.45) is 11.8 Å². The average Bonchev–Trinajstić information content (AvgIpc) is 2.48. The number of hydrogen-bond donors (Lipinski definition) is 0. The van der Waals surface area contributed by atoms with Gasteiger partial charge in [0.25, 0.3) is 0 Å². The van der Waals surface area contributed by atoms with Crippen molar-refractivity contribution in [3.8, 4) is 6.07 Å². The lowest BCUT2D eigenvalue weighted by Gasteiger charge is -2.48. The van der Waals surface area contributed by atoms with Crippen LogP contribution >= 0.6 is 0 Å². The van der Waals surface area contributed by atoms with E-state index in [1.807, 2.05) is 42.5 Å². The molecule has 0 aliphatic heterocycles. The molecule has 0 saturated heterocycles. The van der Waals surface area contributed by atoms with Gasteiger partial charge in [-0.25, -0.2) is 0 Å². The number of nitrogens with zero attached hydrogens (tertiary/aromatic N) is 2. The summed E-state index contributed by atoms with van der Waals surface area (Å²) < 4.78 is 0. The highest BCUT2D eigenvalue weighted by molar-refractivity contribution is 5.82. The van der Waals surface area contributed by atoms with E-state index in [1.54, 1.807) is 19.3 Å². The lowest BCUT2D eigenvalue weighted by molar-refractivity contribution is -0.126. The van der Waals surface area contributed by atoms with Crippen LogP contribution < -0.4 is 0 Å². The van der Waals surface area contributed by atoms with Crippen LogP contribution in [0, 0.1) is 23.2 Å². The van der Waals surface area contributed by atoms with Crippen molar-refractivity contribution in [3.63, 3.8) is 0 Å². The smallest absolute Gasteiger partial charge is 0.134 e. The third-order valence-electron chi connectivity index (χ3n) is 4.44. The van der Waals surface area contributed by atoms with Crippen LogP contribution in [0.25, 0.3) is 0 Å². The van der Waals surface area contributed by atoms with E-state index in [9.17, 15) is 10.1 Å². The maximum atomic E-state index is 12.0. The predicted octanol–water partition coefficient (Wildman–Crippen LogP) is 3.31. The summed E-state index contributed by atoms with van der Waals surface area (Å²) in [6.45, 7) is 1.59. The van der Waals surface area contributed by atoms with E-state index in [4.69, 9.17) is 0 Å². The Morgan fingerprint density at radius 3 is 2.24 bits per heavy atom. The van der Waals surface area contributed by atoms with E-state index >= 15 is 0 Å². The van der Waals surface area contributed by atoms with Crippen molar-refractivity contribution < 1.29 is 4.79 Å². The SMILES string of the molecule is CC(=O)[C@@H]1[C@H](C#N)[C@@H](c2ccncc2)[C@H]1c1ccccc1. The lowest BCUT2D eigenvalue weighted by atomic mass is 9.52. The van der Waals surface area contributed by atoms with Crippen LogP contribution in [0.2, 0.25) is 0 Å². The Labute approximate surface area is 124 Å². The molecule has 3 nitrogen and oxygen atoms in total. The van der Waals surface area contributed by atoms with Gasteiger partial charge < -0.3 is 0 Å². The van der Waals surface area contributed by atoms with Gasteiger partial charge in [-0.1, -0.05) is 30.3 Å². The average molecular weight is 276 g/mol. The molecule has 0 spiro atoms. The Bertz CT molecular complexity index is 675. The molecule has 104 valence electrons. The van der Waals surface area contributed by atoms with Crippen LogP contribution in [0.15, 0.2) is 54.9 Å². The molecular weight excluding hydrogens is 260 g/mol. The first-order valence-corrected chi connectivity index (χ1v) is 7.09. The Kier molecular flexibility index (Phi) is 3.53. The van der Waals surface area contributed by atoms with Crippen LogP contribution in [0.4, 0.5) is 0 Å². The first kappa shape index (κ1) is 13.5. The quantitative estimate of drug-likeness (QED) is 0.864. The number of carbonyl (C=O) groups excluding carboxylic acids is 1. The minimum atomic E-state index is -0.255. The second-order valence-corrected chi connectivity index (χ2v) is 5.53. The number of Topliss-reactive ketones (excluding diaryl/α,β-unsaturated/α-hetero) is 1. The number of benzene rings is 1. The van der Waals surface area contributed by atoms with Gasteiger partial charge in [0.05, 0.1) is 12.0 Å². The number of aromatic nitrogens is 1. The molecule has 1 aliphatic carbocycles. The van der Waals surface area contributed by atoms with Gasteiger partial charge in [0.15, 0.2) is 0 Å². The van der Waals surface area contributed by atoms with E-state index in [0.717, 1.165) is 11.1 Å². The van der Waals surface area contributed by atoms with Gasteiger partial charge in [0.1, 0.15) is 5.78 Å². The number of pyridine rings is 1. The molecular formula is C18H16N2O. The van der Waals surface area contributed by atoms with E-state index < -0.39 is 0 Å². The summed E-state index contributed by atoms with van der Waals surface area (Å²) in [5.41, 5.74) is 2.22. The second kappa shape index (κ2) is 5.49. The zero-order valence-corrected chi connectivity index (χ0v) is 11.8. The minimum absolute atomic E-state index is 0.0642. The highest BCUT2D eigenvalue weighted by Crippen LogP contribution is 2.57. The van der Waals surface area contributed by atoms with Crippen LogP contribution in [0.1, 0.15) is 29.9 Å². The molecule has 3 rings (SSSR count). The molecule has 1 fully saturated rings. The van der Waals surface area contributed by atoms with Crippen LogP contribution in [0.5, 0.6) is 0 Å². The Morgan fingerprint density at radius 2 is 1.67 bits per heavy atom. The number of rotatable bonds is 3. The zero-order valence-electron chi connectivity index (χ0n) is 11.8. The van der Waals surface area contributed by atoms with E-state index in [2.05, 4.69) is 11.1 Å². The number of carbonyl (C=O) groups is 1. The number of ketones is 1. The molecule has 3 heteroatoms. The Morgan fingerprint density at radius 1 is 1.05 bits per heavy atom. The lowest BCUT2D eigenvalue weighted by Crippen LogP contribution is -2.46. The van der Waals surface area contributed by atoms with Crippen molar-refractivity contribution >= 4 is 5.78 Å². The molecule has 4 atom stereocenters. The van der Waals surface area contributed by atoms with E-state index in [1.165, 1.54) is 0 Å². The monoisotopic (exact) mass is 276 g/mol. The normalized spacial score (nSPS) is 27.4. The molecule has 1 heterocycles. The largest absolute Gasteiger partial charge is 0.300 e. The fourth-order valence-electron chi connectivity index (χ4n) is 3.50. The summed E-state index contributed by atoms with van der Waals surface area (Å²) in [6.07, 6.45) is 3.49. The van der Waals surface area contributed by atoms with Crippen LogP contribution in [0.3, 0.4) is 0 Å². The molecule has 21 heavy (non-hydrogen) atoms. The van der Waals surface area contributed by atoms with Gasteiger partial charge in [-0.3, -0.25) is 9.78 Å². The summed E-state index contributed by atoms with van der Waals surface area (Å²) in [5.74, 6) is -0.226. The van der Waals surface area contributed by atoms with Crippen LogP contribution in [-0.2, 0) is 4.79 Å². The molecule has 1 aromatic carbocycles. The van der Waals surface area contributed by atoms with Crippen molar-refractivity contribution in [3.05, 3.63) is 66.0 Å². The third-order valence-corrected chi connectivity index (χ3v) is 4.44. The molecule has 1 aliphatic rings. The molecule has 1 saturated carbocycles. The van der Waals surface area contributed by atoms with E-state index in [0.29, 0.717) is 0 Å². The van der Waals surface area contributed by atoms with Gasteiger partial charge in [-0.2, -0.15) is 5.26 Å². The zero-order chi connectivity index (χ0) is 14.8.